The highest BCUT2D eigenvalue weighted by molar-refractivity contribution is 5.94. The molecule has 0 aliphatic carbocycles. The van der Waals surface area contributed by atoms with Crippen molar-refractivity contribution >= 4 is 5.91 Å². The molecule has 0 saturated heterocycles. The molecule has 0 aliphatic rings. The molecule has 0 heterocycles. The van der Waals surface area contributed by atoms with Gasteiger partial charge in [0.2, 0.25) is 0 Å². The summed E-state index contributed by atoms with van der Waals surface area (Å²) in [7, 11) is 1.60. The number of allylic oxidation sites excluding steroid dienone is 4. The highest BCUT2D eigenvalue weighted by Crippen LogP contribution is 2.26. The summed E-state index contributed by atoms with van der Waals surface area (Å²) in [6.07, 6.45) is 5.60. The molecule has 4 heteroatoms. The number of rotatable bonds is 5. The third-order valence-electron chi connectivity index (χ3n) is 2.75. The number of amides is 1. The summed E-state index contributed by atoms with van der Waals surface area (Å²) >= 11 is 0. The molecule has 1 amide bonds. The molecule has 0 spiro atoms. The maximum atomic E-state index is 11.5. The first-order valence-electron chi connectivity index (χ1n) is 7.11. The Morgan fingerprint density at radius 3 is 2.45 bits per heavy atom. The number of nitriles is 1. The number of carbonyl (C=O) groups is 1. The number of nitrogens with zero attached hydrogens (tertiary/aromatic N) is 1. The lowest BCUT2D eigenvalue weighted by molar-refractivity contribution is 0.0963. The molecule has 1 rings (SSSR count). The maximum Gasteiger partial charge on any atom is 0.251 e. The van der Waals surface area contributed by atoms with E-state index < -0.39 is 0 Å². The molecule has 22 heavy (non-hydrogen) atoms. The SMILES string of the molecule is CNC(=O)c1ccc(O/C(=C\C=C\C#N)CC(C)(C)C)cc1. The predicted molar refractivity (Wildman–Crippen MR) is 87.4 cm³/mol. The zero-order valence-corrected chi connectivity index (χ0v) is 13.5. The number of nitrogens with one attached hydrogen (secondary N) is 1. The van der Waals surface area contributed by atoms with E-state index in [9.17, 15) is 4.79 Å². The molecule has 0 aromatic heterocycles. The number of ether oxygens (including phenoxy) is 1. The Hall–Kier alpha value is -2.54. The van der Waals surface area contributed by atoms with Crippen LogP contribution in [0.5, 0.6) is 5.75 Å². The minimum Gasteiger partial charge on any atom is -0.462 e. The number of benzene rings is 1. The molecule has 0 saturated carbocycles. The van der Waals surface area contributed by atoms with Crippen LogP contribution in [0.3, 0.4) is 0 Å². The molecule has 0 radical (unpaired) electrons. The van der Waals surface area contributed by atoms with Gasteiger partial charge in [-0.05, 0) is 41.8 Å². The summed E-state index contributed by atoms with van der Waals surface area (Å²) in [6.45, 7) is 6.35. The molecule has 0 unspecified atom stereocenters. The smallest absolute Gasteiger partial charge is 0.251 e. The van der Waals surface area contributed by atoms with E-state index in [1.54, 1.807) is 43.5 Å². The monoisotopic (exact) mass is 298 g/mol. The third-order valence-corrected chi connectivity index (χ3v) is 2.75. The fraction of sp³-hybridized carbons (Fsp3) is 0.333. The van der Waals surface area contributed by atoms with E-state index in [0.717, 1.165) is 12.2 Å². The zero-order chi connectivity index (χ0) is 16.6. The van der Waals surface area contributed by atoms with Gasteiger partial charge in [0, 0.05) is 25.1 Å². The Labute approximate surface area is 132 Å². The molecular weight excluding hydrogens is 276 g/mol. The van der Waals surface area contributed by atoms with E-state index in [2.05, 4.69) is 26.1 Å². The van der Waals surface area contributed by atoms with Crippen LogP contribution in [-0.2, 0) is 0 Å². The number of hydrogen-bond acceptors (Lipinski definition) is 3. The van der Waals surface area contributed by atoms with E-state index >= 15 is 0 Å². The molecule has 0 atom stereocenters. The van der Waals surface area contributed by atoms with Gasteiger partial charge in [0.25, 0.3) is 5.91 Å². The second-order valence-electron chi connectivity index (χ2n) is 6.06. The van der Waals surface area contributed by atoms with Crippen LogP contribution >= 0.6 is 0 Å². The van der Waals surface area contributed by atoms with Crippen molar-refractivity contribution in [3.63, 3.8) is 0 Å². The molecule has 1 aromatic carbocycles. The lowest BCUT2D eigenvalue weighted by Crippen LogP contribution is -2.17. The van der Waals surface area contributed by atoms with Gasteiger partial charge in [-0.2, -0.15) is 5.26 Å². The minimum atomic E-state index is -0.131. The lowest BCUT2D eigenvalue weighted by atomic mass is 9.91. The fourth-order valence-electron chi connectivity index (χ4n) is 1.82. The normalized spacial score (nSPS) is 12.0. The minimum absolute atomic E-state index is 0.0638. The van der Waals surface area contributed by atoms with Crippen LogP contribution in [0.25, 0.3) is 0 Å². The van der Waals surface area contributed by atoms with Gasteiger partial charge in [-0.1, -0.05) is 20.8 Å². The van der Waals surface area contributed by atoms with Gasteiger partial charge >= 0.3 is 0 Å². The summed E-state index contributed by atoms with van der Waals surface area (Å²) in [4.78, 5) is 11.5. The van der Waals surface area contributed by atoms with Crippen LogP contribution < -0.4 is 10.1 Å². The van der Waals surface area contributed by atoms with Crippen molar-refractivity contribution in [1.82, 2.24) is 5.32 Å². The Morgan fingerprint density at radius 2 is 1.95 bits per heavy atom. The Balaban J connectivity index is 2.90. The number of hydrogen-bond donors (Lipinski definition) is 1. The Kier molecular flexibility index (Phi) is 6.40. The molecule has 0 fully saturated rings. The molecule has 116 valence electrons. The van der Waals surface area contributed by atoms with Crippen LogP contribution in [0.1, 0.15) is 37.6 Å². The van der Waals surface area contributed by atoms with Gasteiger partial charge in [0.05, 0.1) is 6.07 Å². The summed E-state index contributed by atoms with van der Waals surface area (Å²) in [5.74, 6) is 1.30. The highest BCUT2D eigenvalue weighted by Gasteiger charge is 2.14. The van der Waals surface area contributed by atoms with E-state index in [-0.39, 0.29) is 11.3 Å². The molecule has 4 nitrogen and oxygen atoms in total. The first kappa shape index (κ1) is 17.5. The first-order chi connectivity index (χ1) is 10.4. The van der Waals surface area contributed by atoms with Crippen LogP contribution in [0, 0.1) is 16.7 Å². The van der Waals surface area contributed by atoms with Gasteiger partial charge in [-0.25, -0.2) is 0 Å². The highest BCUT2D eigenvalue weighted by atomic mass is 16.5. The van der Waals surface area contributed by atoms with E-state index in [1.165, 1.54) is 6.08 Å². The summed E-state index contributed by atoms with van der Waals surface area (Å²) in [6, 6.07) is 8.90. The van der Waals surface area contributed by atoms with Gasteiger partial charge < -0.3 is 10.1 Å². The van der Waals surface area contributed by atoms with Gasteiger partial charge in [0.1, 0.15) is 11.5 Å². The van der Waals surface area contributed by atoms with Crippen LogP contribution in [0.4, 0.5) is 0 Å². The zero-order valence-electron chi connectivity index (χ0n) is 13.5. The Morgan fingerprint density at radius 1 is 1.32 bits per heavy atom. The maximum absolute atomic E-state index is 11.5. The fourth-order valence-corrected chi connectivity index (χ4v) is 1.82. The third kappa shape index (κ3) is 6.27. The van der Waals surface area contributed by atoms with Gasteiger partial charge in [-0.15, -0.1) is 0 Å². The predicted octanol–water partition coefficient (Wildman–Crippen LogP) is 3.82. The van der Waals surface area contributed by atoms with Crippen LogP contribution in [-0.4, -0.2) is 13.0 Å². The van der Waals surface area contributed by atoms with Crippen LogP contribution in [0.15, 0.2) is 48.3 Å². The second-order valence-corrected chi connectivity index (χ2v) is 6.06. The standard InChI is InChI=1S/C18H22N2O2/c1-18(2,3)13-16(7-5-6-12-19)22-15-10-8-14(9-11-15)17(21)20-4/h5-11H,13H2,1-4H3,(H,20,21)/b6-5+,16-7-. The quantitative estimate of drug-likeness (QED) is 0.510. The van der Waals surface area contributed by atoms with Crippen molar-refractivity contribution in [3.8, 4) is 11.8 Å². The summed E-state index contributed by atoms with van der Waals surface area (Å²) in [5, 5.41) is 11.1. The molecule has 0 aliphatic heterocycles. The topological polar surface area (TPSA) is 62.1 Å². The molecule has 1 N–H and O–H groups in total. The molecular formula is C18H22N2O2. The Bertz CT molecular complexity index is 599. The second kappa shape index (κ2) is 8.04. The lowest BCUT2D eigenvalue weighted by Gasteiger charge is -2.20. The average Bonchev–Trinajstić information content (AvgIpc) is 2.46. The van der Waals surface area contributed by atoms with Crippen molar-refractivity contribution in [3.05, 3.63) is 53.8 Å². The van der Waals surface area contributed by atoms with Gasteiger partial charge in [-0.3, -0.25) is 4.79 Å². The van der Waals surface area contributed by atoms with Crippen molar-refractivity contribution in [2.45, 2.75) is 27.2 Å². The van der Waals surface area contributed by atoms with E-state index in [0.29, 0.717) is 11.3 Å². The molecule has 0 bridgehead atoms. The van der Waals surface area contributed by atoms with E-state index in [1.807, 2.05) is 6.07 Å². The van der Waals surface area contributed by atoms with Crippen molar-refractivity contribution in [1.29, 1.82) is 5.26 Å². The van der Waals surface area contributed by atoms with Crippen molar-refractivity contribution in [2.24, 2.45) is 5.41 Å². The first-order valence-corrected chi connectivity index (χ1v) is 7.11. The van der Waals surface area contributed by atoms with Crippen molar-refractivity contribution in [2.75, 3.05) is 7.05 Å². The number of carbonyl (C=O) groups excluding carboxylic acids is 1. The average molecular weight is 298 g/mol. The largest absolute Gasteiger partial charge is 0.462 e. The van der Waals surface area contributed by atoms with Gasteiger partial charge in [0.15, 0.2) is 0 Å². The summed E-state index contributed by atoms with van der Waals surface area (Å²) in [5.41, 5.74) is 0.648. The summed E-state index contributed by atoms with van der Waals surface area (Å²) < 4.78 is 5.87. The molecule has 1 aromatic rings. The van der Waals surface area contributed by atoms with Crippen molar-refractivity contribution < 1.29 is 9.53 Å². The van der Waals surface area contributed by atoms with Crippen LogP contribution in [0.2, 0.25) is 0 Å². The van der Waals surface area contributed by atoms with E-state index in [4.69, 9.17) is 10.00 Å².